The van der Waals surface area contributed by atoms with Gasteiger partial charge in [0, 0.05) is 45.5 Å². The molecule has 0 atom stereocenters. The fraction of sp³-hybridized carbons (Fsp3) is 0.636. The van der Waals surface area contributed by atoms with Crippen molar-refractivity contribution in [1.82, 2.24) is 14.9 Å². The molecule has 17 heavy (non-hydrogen) atoms. The van der Waals surface area contributed by atoms with E-state index in [1.165, 1.54) is 0 Å². The first kappa shape index (κ1) is 12.2. The molecule has 0 unspecified atom stereocenters. The van der Waals surface area contributed by atoms with Gasteiger partial charge in [0.05, 0.1) is 12.3 Å². The first-order chi connectivity index (χ1) is 8.33. The third-order valence-electron chi connectivity index (χ3n) is 2.98. The monoisotopic (exact) mass is 237 g/mol. The normalized spacial score (nSPS) is 17.4. The van der Waals surface area contributed by atoms with E-state index in [2.05, 4.69) is 19.8 Å². The van der Waals surface area contributed by atoms with Crippen LogP contribution in [0.2, 0.25) is 0 Å². The highest BCUT2D eigenvalue weighted by Crippen LogP contribution is 2.10. The van der Waals surface area contributed by atoms with Crippen molar-refractivity contribution in [2.75, 3.05) is 44.2 Å². The number of aliphatic hydroxyl groups excluding tert-OH is 1. The molecule has 2 rings (SSSR count). The summed E-state index contributed by atoms with van der Waals surface area (Å²) in [4.78, 5) is 13.1. The maximum Gasteiger partial charge on any atom is 0.225 e. The lowest BCUT2D eigenvalue weighted by molar-refractivity contribution is 0.188. The molecule has 0 amide bonds. The van der Waals surface area contributed by atoms with Gasteiger partial charge in [-0.05, 0) is 6.07 Å². The highest BCUT2D eigenvalue weighted by molar-refractivity contribution is 5.31. The first-order valence-electron chi connectivity index (χ1n) is 5.93. The molecule has 0 saturated carbocycles. The van der Waals surface area contributed by atoms with Crippen molar-refractivity contribution in [2.24, 2.45) is 5.73 Å². The largest absolute Gasteiger partial charge is 0.395 e. The molecule has 0 aliphatic carbocycles. The Balaban J connectivity index is 1.95. The topological polar surface area (TPSA) is 78.5 Å². The van der Waals surface area contributed by atoms with Crippen LogP contribution in [0.5, 0.6) is 0 Å². The highest BCUT2D eigenvalue weighted by Gasteiger charge is 2.18. The summed E-state index contributed by atoms with van der Waals surface area (Å²) in [5.74, 6) is 0.761. The second-order valence-corrected chi connectivity index (χ2v) is 4.10. The van der Waals surface area contributed by atoms with E-state index in [1.807, 2.05) is 6.07 Å². The molecule has 1 aliphatic heterocycles. The Bertz CT molecular complexity index is 351. The van der Waals surface area contributed by atoms with Gasteiger partial charge >= 0.3 is 0 Å². The molecule has 2 heterocycles. The molecule has 1 aliphatic rings. The van der Waals surface area contributed by atoms with Crippen LogP contribution in [0.3, 0.4) is 0 Å². The predicted octanol–water partition coefficient (Wildman–Crippen LogP) is -0.950. The Kier molecular flexibility index (Phi) is 4.24. The number of anilines is 1. The van der Waals surface area contributed by atoms with E-state index in [9.17, 15) is 0 Å². The van der Waals surface area contributed by atoms with E-state index in [4.69, 9.17) is 10.8 Å². The summed E-state index contributed by atoms with van der Waals surface area (Å²) in [6, 6.07) is 1.84. The molecule has 6 nitrogen and oxygen atoms in total. The van der Waals surface area contributed by atoms with E-state index in [-0.39, 0.29) is 6.61 Å². The van der Waals surface area contributed by atoms with Crippen molar-refractivity contribution in [3.8, 4) is 0 Å². The maximum absolute atomic E-state index is 8.88. The minimum Gasteiger partial charge on any atom is -0.395 e. The van der Waals surface area contributed by atoms with Gasteiger partial charge in [-0.15, -0.1) is 0 Å². The van der Waals surface area contributed by atoms with Crippen LogP contribution in [-0.4, -0.2) is 59.3 Å². The molecular weight excluding hydrogens is 218 g/mol. The summed E-state index contributed by atoms with van der Waals surface area (Å²) < 4.78 is 0. The quantitative estimate of drug-likeness (QED) is 0.703. The van der Waals surface area contributed by atoms with E-state index in [0.717, 1.165) is 44.4 Å². The highest BCUT2D eigenvalue weighted by atomic mass is 16.3. The Morgan fingerprint density at radius 2 is 2.06 bits per heavy atom. The van der Waals surface area contributed by atoms with Gasteiger partial charge in [-0.2, -0.15) is 0 Å². The molecule has 1 saturated heterocycles. The second kappa shape index (κ2) is 5.90. The number of hydrogen-bond donors (Lipinski definition) is 2. The van der Waals surface area contributed by atoms with Crippen molar-refractivity contribution in [3.63, 3.8) is 0 Å². The van der Waals surface area contributed by atoms with Gasteiger partial charge in [0.2, 0.25) is 5.95 Å². The van der Waals surface area contributed by atoms with Crippen molar-refractivity contribution in [2.45, 2.75) is 6.54 Å². The third-order valence-corrected chi connectivity index (χ3v) is 2.98. The Morgan fingerprint density at radius 3 is 2.71 bits per heavy atom. The van der Waals surface area contributed by atoms with Crippen molar-refractivity contribution < 1.29 is 5.11 Å². The Labute approximate surface area is 101 Å². The number of aliphatic hydroxyl groups is 1. The van der Waals surface area contributed by atoms with Crippen LogP contribution in [0.15, 0.2) is 12.3 Å². The molecular formula is C11H19N5O. The van der Waals surface area contributed by atoms with Gasteiger partial charge in [-0.1, -0.05) is 0 Å². The lowest BCUT2D eigenvalue weighted by Gasteiger charge is -2.34. The molecule has 1 aromatic rings. The summed E-state index contributed by atoms with van der Waals surface area (Å²) in [6.07, 6.45) is 1.75. The van der Waals surface area contributed by atoms with Crippen LogP contribution in [0.25, 0.3) is 0 Å². The molecule has 1 fully saturated rings. The number of β-amino-alcohol motifs (C(OH)–C–C–N with tert-alkyl or cyclic N) is 1. The average molecular weight is 237 g/mol. The van der Waals surface area contributed by atoms with Crippen LogP contribution < -0.4 is 10.6 Å². The van der Waals surface area contributed by atoms with Gasteiger partial charge in [0.15, 0.2) is 0 Å². The number of rotatable bonds is 4. The molecule has 3 N–H and O–H groups in total. The lowest BCUT2D eigenvalue weighted by Crippen LogP contribution is -2.47. The molecule has 0 bridgehead atoms. The molecule has 94 valence electrons. The first-order valence-corrected chi connectivity index (χ1v) is 5.93. The van der Waals surface area contributed by atoms with Gasteiger partial charge in [-0.25, -0.2) is 9.97 Å². The molecule has 0 spiro atoms. The van der Waals surface area contributed by atoms with Crippen molar-refractivity contribution in [3.05, 3.63) is 18.0 Å². The number of hydrogen-bond acceptors (Lipinski definition) is 6. The predicted molar refractivity (Wildman–Crippen MR) is 65.7 cm³/mol. The number of piperazine rings is 1. The zero-order chi connectivity index (χ0) is 12.1. The molecule has 0 radical (unpaired) electrons. The Morgan fingerprint density at radius 1 is 1.29 bits per heavy atom. The number of nitrogens with zero attached hydrogens (tertiary/aromatic N) is 4. The fourth-order valence-electron chi connectivity index (χ4n) is 1.96. The maximum atomic E-state index is 8.88. The number of nitrogens with two attached hydrogens (primary N) is 1. The van der Waals surface area contributed by atoms with Crippen molar-refractivity contribution in [1.29, 1.82) is 0 Å². The van der Waals surface area contributed by atoms with Gasteiger partial charge in [0.1, 0.15) is 0 Å². The average Bonchev–Trinajstić information content (AvgIpc) is 2.40. The zero-order valence-corrected chi connectivity index (χ0v) is 9.92. The van der Waals surface area contributed by atoms with Gasteiger partial charge < -0.3 is 15.7 Å². The SMILES string of the molecule is NCc1ccnc(N2CCN(CCO)CC2)n1. The molecule has 0 aromatic carbocycles. The summed E-state index contributed by atoms with van der Waals surface area (Å²) in [5, 5.41) is 8.88. The molecule has 1 aromatic heterocycles. The summed E-state index contributed by atoms with van der Waals surface area (Å²) in [5.41, 5.74) is 6.43. The minimum atomic E-state index is 0.221. The summed E-state index contributed by atoms with van der Waals surface area (Å²) >= 11 is 0. The molecule has 6 heteroatoms. The van der Waals surface area contributed by atoms with Crippen LogP contribution in [-0.2, 0) is 6.54 Å². The minimum absolute atomic E-state index is 0.221. The van der Waals surface area contributed by atoms with Crippen molar-refractivity contribution >= 4 is 5.95 Å². The smallest absolute Gasteiger partial charge is 0.225 e. The van der Waals surface area contributed by atoms with Gasteiger partial charge in [0.25, 0.3) is 0 Å². The van der Waals surface area contributed by atoms with Crippen LogP contribution in [0.1, 0.15) is 5.69 Å². The zero-order valence-electron chi connectivity index (χ0n) is 9.92. The van der Waals surface area contributed by atoms with E-state index in [1.54, 1.807) is 6.20 Å². The fourth-order valence-corrected chi connectivity index (χ4v) is 1.96. The van der Waals surface area contributed by atoms with E-state index in [0.29, 0.717) is 6.54 Å². The van der Waals surface area contributed by atoms with Crippen LogP contribution in [0.4, 0.5) is 5.95 Å². The van der Waals surface area contributed by atoms with E-state index >= 15 is 0 Å². The van der Waals surface area contributed by atoms with E-state index < -0.39 is 0 Å². The summed E-state index contributed by atoms with van der Waals surface area (Å²) in [6.45, 7) is 5.09. The van der Waals surface area contributed by atoms with Crippen LogP contribution in [0, 0.1) is 0 Å². The second-order valence-electron chi connectivity index (χ2n) is 4.10. The Hall–Kier alpha value is -1.24. The lowest BCUT2D eigenvalue weighted by atomic mass is 10.3. The van der Waals surface area contributed by atoms with Crippen LogP contribution >= 0.6 is 0 Å². The van der Waals surface area contributed by atoms with Gasteiger partial charge in [-0.3, -0.25) is 4.90 Å². The standard InChI is InChI=1S/C11H19N5O/c12-9-10-1-2-13-11(14-10)16-5-3-15(4-6-16)7-8-17/h1-2,17H,3-9,12H2. The number of aromatic nitrogens is 2. The summed E-state index contributed by atoms with van der Waals surface area (Å²) in [7, 11) is 0. The third kappa shape index (κ3) is 3.12.